The normalized spacial score (nSPS) is 15.5. The average Bonchev–Trinajstić information content (AvgIpc) is 2.61. The minimum Gasteiger partial charge on any atom is -0.506 e. The van der Waals surface area contributed by atoms with E-state index in [1.807, 2.05) is 0 Å². The third kappa shape index (κ3) is 3.13. The first-order valence-electron chi connectivity index (χ1n) is 8.33. The zero-order chi connectivity index (χ0) is 17.1. The molecule has 7 heteroatoms. The Kier molecular flexibility index (Phi) is 4.82. The predicted molar refractivity (Wildman–Crippen MR) is 90.4 cm³/mol. The van der Waals surface area contributed by atoms with Gasteiger partial charge in [0.2, 0.25) is 0 Å². The lowest BCUT2D eigenvalue weighted by Crippen LogP contribution is -3.20. The van der Waals surface area contributed by atoms with Crippen molar-refractivity contribution in [2.75, 3.05) is 39.3 Å². The maximum Gasteiger partial charge on any atom is 0.267 e. The molecular formula is C17H24N4O3+2. The van der Waals surface area contributed by atoms with Gasteiger partial charge in [0.05, 0.1) is 18.6 Å². The Hall–Kier alpha value is -2.38. The standard InChI is InChI=1S/C17H22N4O3/c1-20-13-5-3-2-4-12(13)15(22)14(17(20)24)16(23)19-8-11-21-9-6-18-7-10-21/h2-5,18,22H,6-11H2,1H3,(H,19,23)/p+2. The summed E-state index contributed by atoms with van der Waals surface area (Å²) in [7, 11) is 1.61. The number of pyridine rings is 1. The summed E-state index contributed by atoms with van der Waals surface area (Å²) in [5.41, 5.74) is -0.0626. The van der Waals surface area contributed by atoms with Crippen molar-refractivity contribution in [2.45, 2.75) is 0 Å². The number of nitrogens with two attached hydrogens (primary N) is 1. The van der Waals surface area contributed by atoms with Crippen molar-refractivity contribution < 1.29 is 20.1 Å². The van der Waals surface area contributed by atoms with Gasteiger partial charge in [0.15, 0.2) is 0 Å². The molecule has 24 heavy (non-hydrogen) atoms. The van der Waals surface area contributed by atoms with Crippen LogP contribution in [0.1, 0.15) is 10.4 Å². The first-order chi connectivity index (χ1) is 11.6. The molecule has 1 saturated heterocycles. The summed E-state index contributed by atoms with van der Waals surface area (Å²) in [6.07, 6.45) is 0. The van der Waals surface area contributed by atoms with Gasteiger partial charge in [-0.25, -0.2) is 0 Å². The van der Waals surface area contributed by atoms with Crippen molar-refractivity contribution in [3.8, 4) is 5.75 Å². The molecule has 0 spiro atoms. The van der Waals surface area contributed by atoms with E-state index in [1.54, 1.807) is 31.3 Å². The Labute approximate surface area is 139 Å². The van der Waals surface area contributed by atoms with Crippen LogP contribution < -0.4 is 21.1 Å². The van der Waals surface area contributed by atoms with Crippen molar-refractivity contribution in [3.63, 3.8) is 0 Å². The summed E-state index contributed by atoms with van der Waals surface area (Å²) < 4.78 is 1.40. The summed E-state index contributed by atoms with van der Waals surface area (Å²) in [5.74, 6) is -0.757. The highest BCUT2D eigenvalue weighted by atomic mass is 16.3. The van der Waals surface area contributed by atoms with Crippen LogP contribution in [-0.4, -0.2) is 54.8 Å². The van der Waals surface area contributed by atoms with Gasteiger partial charge < -0.3 is 25.2 Å². The van der Waals surface area contributed by atoms with Crippen LogP contribution in [0.15, 0.2) is 29.1 Å². The van der Waals surface area contributed by atoms with E-state index in [0.717, 1.165) is 32.7 Å². The van der Waals surface area contributed by atoms with Gasteiger partial charge in [0, 0.05) is 12.4 Å². The maximum absolute atomic E-state index is 12.4. The molecule has 3 rings (SSSR count). The number of piperazine rings is 1. The summed E-state index contributed by atoms with van der Waals surface area (Å²) in [6, 6.07) is 7.01. The van der Waals surface area contributed by atoms with Gasteiger partial charge in [0.1, 0.15) is 37.5 Å². The van der Waals surface area contributed by atoms with Crippen LogP contribution in [0.4, 0.5) is 0 Å². The van der Waals surface area contributed by atoms with Gasteiger partial charge in [-0.05, 0) is 12.1 Å². The fourth-order valence-corrected chi connectivity index (χ4v) is 3.26. The Balaban J connectivity index is 1.78. The Bertz CT molecular complexity index is 809. The van der Waals surface area contributed by atoms with Crippen LogP contribution in [0.3, 0.4) is 0 Å². The quantitative estimate of drug-likeness (QED) is 0.496. The predicted octanol–water partition coefficient (Wildman–Crippen LogP) is -2.56. The maximum atomic E-state index is 12.4. The van der Waals surface area contributed by atoms with Crippen molar-refractivity contribution in [1.29, 1.82) is 0 Å². The molecule has 1 aromatic carbocycles. The van der Waals surface area contributed by atoms with Crippen molar-refractivity contribution >= 4 is 16.8 Å². The van der Waals surface area contributed by atoms with Crippen LogP contribution in [0.2, 0.25) is 0 Å². The average molecular weight is 332 g/mol. The SMILES string of the molecule is Cn1c(=O)c(C(=O)NCC[NH+]2CC[NH2+]CC2)c(O)c2ccccc21. The number of benzene rings is 1. The van der Waals surface area contributed by atoms with Crippen molar-refractivity contribution in [2.24, 2.45) is 7.05 Å². The molecule has 7 nitrogen and oxygen atoms in total. The van der Waals surface area contributed by atoms with Gasteiger partial charge in [-0.3, -0.25) is 9.59 Å². The Morgan fingerprint density at radius 2 is 2.04 bits per heavy atom. The molecule has 1 aromatic heterocycles. The number of carbonyl (C=O) groups is 1. The summed E-state index contributed by atoms with van der Waals surface area (Å²) in [4.78, 5) is 26.3. The lowest BCUT2D eigenvalue weighted by Gasteiger charge is -2.22. The van der Waals surface area contributed by atoms with Gasteiger partial charge in [0.25, 0.3) is 11.5 Å². The number of amides is 1. The highest BCUT2D eigenvalue weighted by Gasteiger charge is 2.21. The van der Waals surface area contributed by atoms with Crippen LogP contribution in [-0.2, 0) is 7.05 Å². The number of hydrogen-bond acceptors (Lipinski definition) is 3. The minimum atomic E-state index is -0.512. The van der Waals surface area contributed by atoms with E-state index in [2.05, 4.69) is 10.6 Å². The molecule has 5 N–H and O–H groups in total. The van der Waals surface area contributed by atoms with Crippen LogP contribution in [0, 0.1) is 0 Å². The second-order valence-electron chi connectivity index (χ2n) is 6.23. The van der Waals surface area contributed by atoms with Gasteiger partial charge >= 0.3 is 0 Å². The second kappa shape index (κ2) is 7.02. The molecule has 0 unspecified atom stereocenters. The number of rotatable bonds is 4. The fraction of sp³-hybridized carbons (Fsp3) is 0.412. The molecule has 0 aliphatic carbocycles. The third-order valence-electron chi connectivity index (χ3n) is 4.67. The number of fused-ring (bicyclic) bond motifs is 1. The Morgan fingerprint density at radius 1 is 1.33 bits per heavy atom. The molecule has 0 atom stereocenters. The van der Waals surface area contributed by atoms with Gasteiger partial charge in [-0.1, -0.05) is 12.1 Å². The molecular weight excluding hydrogens is 308 g/mol. The van der Waals surface area contributed by atoms with Gasteiger partial charge in [-0.2, -0.15) is 0 Å². The van der Waals surface area contributed by atoms with E-state index >= 15 is 0 Å². The zero-order valence-corrected chi connectivity index (χ0v) is 13.8. The summed E-state index contributed by atoms with van der Waals surface area (Å²) in [6.45, 7) is 5.69. The van der Waals surface area contributed by atoms with E-state index in [9.17, 15) is 14.7 Å². The highest BCUT2D eigenvalue weighted by Crippen LogP contribution is 2.25. The molecule has 1 aliphatic heterocycles. The molecule has 0 radical (unpaired) electrons. The minimum absolute atomic E-state index is 0.182. The molecule has 1 amide bonds. The number of hydrogen-bond donors (Lipinski definition) is 4. The molecule has 2 aromatic rings. The lowest BCUT2D eigenvalue weighted by atomic mass is 10.1. The smallest absolute Gasteiger partial charge is 0.267 e. The lowest BCUT2D eigenvalue weighted by molar-refractivity contribution is -0.945. The molecule has 128 valence electrons. The molecule has 0 bridgehead atoms. The Morgan fingerprint density at radius 3 is 2.79 bits per heavy atom. The summed E-state index contributed by atoms with van der Waals surface area (Å²) >= 11 is 0. The number of aromatic hydroxyl groups is 1. The second-order valence-corrected chi connectivity index (χ2v) is 6.23. The number of aromatic nitrogens is 1. The molecule has 1 fully saturated rings. The van der Waals surface area contributed by atoms with E-state index in [4.69, 9.17) is 0 Å². The van der Waals surface area contributed by atoms with Crippen LogP contribution >= 0.6 is 0 Å². The number of quaternary nitrogens is 2. The molecule has 2 heterocycles. The number of aryl methyl sites for hydroxylation is 1. The van der Waals surface area contributed by atoms with Crippen molar-refractivity contribution in [3.05, 3.63) is 40.2 Å². The topological polar surface area (TPSA) is 92.4 Å². The van der Waals surface area contributed by atoms with Crippen LogP contribution in [0.25, 0.3) is 10.9 Å². The zero-order valence-electron chi connectivity index (χ0n) is 13.8. The highest BCUT2D eigenvalue weighted by molar-refractivity contribution is 6.02. The number of carbonyl (C=O) groups excluding carboxylic acids is 1. The number of para-hydroxylation sites is 1. The van der Waals surface area contributed by atoms with E-state index in [-0.39, 0.29) is 11.3 Å². The largest absolute Gasteiger partial charge is 0.506 e. The van der Waals surface area contributed by atoms with Crippen molar-refractivity contribution in [1.82, 2.24) is 9.88 Å². The summed E-state index contributed by atoms with van der Waals surface area (Å²) in [5, 5.41) is 16.0. The number of nitrogens with zero attached hydrogens (tertiary/aromatic N) is 1. The fourth-order valence-electron chi connectivity index (χ4n) is 3.26. The molecule has 1 aliphatic rings. The van der Waals surface area contributed by atoms with Crippen LogP contribution in [0.5, 0.6) is 5.75 Å². The first-order valence-corrected chi connectivity index (χ1v) is 8.33. The molecule has 0 saturated carbocycles. The van der Waals surface area contributed by atoms with E-state index in [1.165, 1.54) is 9.47 Å². The third-order valence-corrected chi connectivity index (χ3v) is 4.67. The monoisotopic (exact) mass is 332 g/mol. The van der Waals surface area contributed by atoms with E-state index < -0.39 is 11.5 Å². The first kappa shape index (κ1) is 16.5. The van der Waals surface area contributed by atoms with Gasteiger partial charge in [-0.15, -0.1) is 0 Å². The van der Waals surface area contributed by atoms with E-state index in [0.29, 0.717) is 17.4 Å². The number of nitrogens with one attached hydrogen (secondary N) is 2.